The summed E-state index contributed by atoms with van der Waals surface area (Å²) in [6.45, 7) is 5.39. The summed E-state index contributed by atoms with van der Waals surface area (Å²) in [5, 5.41) is 9.47. The van der Waals surface area contributed by atoms with Crippen LogP contribution >= 0.6 is 0 Å². The van der Waals surface area contributed by atoms with Crippen LogP contribution in [0.1, 0.15) is 45.4 Å². The average molecular weight is 282 g/mol. The van der Waals surface area contributed by atoms with E-state index in [9.17, 15) is 14.7 Å². The van der Waals surface area contributed by atoms with Crippen molar-refractivity contribution in [3.8, 4) is 0 Å². The second kappa shape index (κ2) is 6.57. The van der Waals surface area contributed by atoms with Crippen molar-refractivity contribution >= 4 is 11.9 Å². The van der Waals surface area contributed by atoms with E-state index in [1.807, 2.05) is 16.7 Å². The molecule has 0 saturated carbocycles. The topological polar surface area (TPSA) is 60.9 Å². The summed E-state index contributed by atoms with van der Waals surface area (Å²) in [6.07, 6.45) is 5.66. The SMILES string of the molecule is CCCC1(C(=O)O)CCN(CC(=O)N2CCCCC2)C1. The van der Waals surface area contributed by atoms with Crippen molar-refractivity contribution in [3.05, 3.63) is 0 Å². The van der Waals surface area contributed by atoms with Crippen molar-refractivity contribution in [2.75, 3.05) is 32.7 Å². The fourth-order valence-corrected chi connectivity index (χ4v) is 3.49. The Bertz CT molecular complexity index is 366. The van der Waals surface area contributed by atoms with Gasteiger partial charge in [0.05, 0.1) is 12.0 Å². The van der Waals surface area contributed by atoms with Gasteiger partial charge in [-0.2, -0.15) is 0 Å². The highest BCUT2D eigenvalue weighted by atomic mass is 16.4. The maximum Gasteiger partial charge on any atom is 0.310 e. The molecule has 2 aliphatic rings. The van der Waals surface area contributed by atoms with Crippen molar-refractivity contribution in [2.24, 2.45) is 5.41 Å². The summed E-state index contributed by atoms with van der Waals surface area (Å²) in [5.74, 6) is -0.533. The molecule has 1 unspecified atom stereocenters. The summed E-state index contributed by atoms with van der Waals surface area (Å²) in [6, 6.07) is 0. The molecule has 1 atom stereocenters. The minimum absolute atomic E-state index is 0.169. The minimum atomic E-state index is -0.702. The van der Waals surface area contributed by atoms with Gasteiger partial charge in [-0.05, 0) is 38.6 Å². The van der Waals surface area contributed by atoms with Crippen LogP contribution in [-0.4, -0.2) is 59.5 Å². The Morgan fingerprint density at radius 3 is 2.45 bits per heavy atom. The first kappa shape index (κ1) is 15.3. The van der Waals surface area contributed by atoms with Crippen LogP contribution in [-0.2, 0) is 9.59 Å². The van der Waals surface area contributed by atoms with Gasteiger partial charge in [-0.1, -0.05) is 13.3 Å². The lowest BCUT2D eigenvalue weighted by Crippen LogP contribution is -2.43. The van der Waals surface area contributed by atoms with Crippen LogP contribution < -0.4 is 0 Å². The minimum Gasteiger partial charge on any atom is -0.481 e. The number of piperidine rings is 1. The standard InChI is InChI=1S/C15H26N2O3/c1-2-6-15(14(19)20)7-10-16(12-15)11-13(18)17-8-4-3-5-9-17/h2-12H2,1H3,(H,19,20). The molecular weight excluding hydrogens is 256 g/mol. The van der Waals surface area contributed by atoms with Gasteiger partial charge in [-0.3, -0.25) is 14.5 Å². The Labute approximate surface area is 120 Å². The number of nitrogens with zero attached hydrogens (tertiary/aromatic N) is 2. The molecule has 0 aromatic carbocycles. The van der Waals surface area contributed by atoms with E-state index in [1.54, 1.807) is 0 Å². The molecule has 0 aromatic rings. The van der Waals surface area contributed by atoms with Gasteiger partial charge in [0, 0.05) is 19.6 Å². The first-order valence-electron chi connectivity index (χ1n) is 7.81. The zero-order valence-corrected chi connectivity index (χ0v) is 12.4. The van der Waals surface area contributed by atoms with Gasteiger partial charge in [0.15, 0.2) is 0 Å². The predicted octanol–water partition coefficient (Wildman–Crippen LogP) is 1.58. The van der Waals surface area contributed by atoms with Crippen LogP contribution in [0.4, 0.5) is 0 Å². The lowest BCUT2D eigenvalue weighted by molar-refractivity contribution is -0.149. The Balaban J connectivity index is 1.88. The lowest BCUT2D eigenvalue weighted by atomic mass is 9.83. The third kappa shape index (κ3) is 3.32. The van der Waals surface area contributed by atoms with Crippen LogP contribution in [0, 0.1) is 5.41 Å². The van der Waals surface area contributed by atoms with E-state index in [4.69, 9.17) is 0 Å². The normalized spacial score (nSPS) is 27.8. The molecule has 0 aliphatic carbocycles. The number of hydrogen-bond donors (Lipinski definition) is 1. The molecule has 2 saturated heterocycles. The quantitative estimate of drug-likeness (QED) is 0.831. The number of carboxylic acids is 1. The summed E-state index contributed by atoms with van der Waals surface area (Å²) in [5.41, 5.74) is -0.628. The number of carbonyl (C=O) groups excluding carboxylic acids is 1. The number of aliphatic carboxylic acids is 1. The van der Waals surface area contributed by atoms with Gasteiger partial charge in [-0.25, -0.2) is 0 Å². The zero-order valence-electron chi connectivity index (χ0n) is 12.4. The number of rotatable bonds is 5. The molecule has 20 heavy (non-hydrogen) atoms. The molecule has 2 aliphatic heterocycles. The number of carbonyl (C=O) groups is 2. The Kier molecular flexibility index (Phi) is 5.02. The molecule has 0 radical (unpaired) electrons. The molecule has 0 bridgehead atoms. The summed E-state index contributed by atoms with van der Waals surface area (Å²) >= 11 is 0. The van der Waals surface area contributed by atoms with Crippen molar-refractivity contribution in [3.63, 3.8) is 0 Å². The van der Waals surface area contributed by atoms with E-state index in [-0.39, 0.29) is 5.91 Å². The van der Waals surface area contributed by atoms with Crippen LogP contribution in [0.3, 0.4) is 0 Å². The number of amides is 1. The Hall–Kier alpha value is -1.10. The molecule has 2 heterocycles. The van der Waals surface area contributed by atoms with Gasteiger partial charge >= 0.3 is 5.97 Å². The van der Waals surface area contributed by atoms with Crippen LogP contribution in [0.25, 0.3) is 0 Å². The molecule has 5 nitrogen and oxygen atoms in total. The predicted molar refractivity (Wildman–Crippen MR) is 76.5 cm³/mol. The third-order valence-electron chi connectivity index (χ3n) is 4.68. The van der Waals surface area contributed by atoms with E-state index in [0.717, 1.165) is 38.9 Å². The van der Waals surface area contributed by atoms with Gasteiger partial charge in [0.2, 0.25) is 5.91 Å². The summed E-state index contributed by atoms with van der Waals surface area (Å²) < 4.78 is 0. The van der Waals surface area contributed by atoms with Crippen LogP contribution in [0.15, 0.2) is 0 Å². The monoisotopic (exact) mass is 282 g/mol. The largest absolute Gasteiger partial charge is 0.481 e. The smallest absolute Gasteiger partial charge is 0.310 e. The highest BCUT2D eigenvalue weighted by molar-refractivity contribution is 5.79. The van der Waals surface area contributed by atoms with Crippen molar-refractivity contribution in [1.29, 1.82) is 0 Å². The molecule has 2 fully saturated rings. The van der Waals surface area contributed by atoms with Gasteiger partial charge in [-0.15, -0.1) is 0 Å². The Morgan fingerprint density at radius 2 is 1.85 bits per heavy atom. The fraction of sp³-hybridized carbons (Fsp3) is 0.867. The maximum atomic E-state index is 12.2. The van der Waals surface area contributed by atoms with E-state index in [2.05, 4.69) is 0 Å². The summed E-state index contributed by atoms with van der Waals surface area (Å²) in [7, 11) is 0. The van der Waals surface area contributed by atoms with Gasteiger partial charge < -0.3 is 10.0 Å². The second-order valence-corrected chi connectivity index (χ2v) is 6.24. The number of hydrogen-bond acceptors (Lipinski definition) is 3. The molecule has 0 aromatic heterocycles. The molecule has 114 valence electrons. The van der Waals surface area contributed by atoms with E-state index >= 15 is 0 Å². The second-order valence-electron chi connectivity index (χ2n) is 6.24. The van der Waals surface area contributed by atoms with Crippen molar-refractivity contribution in [1.82, 2.24) is 9.80 Å². The molecule has 1 N–H and O–H groups in total. The molecule has 2 rings (SSSR count). The number of carboxylic acid groups (broad SMARTS) is 1. The average Bonchev–Trinajstić information content (AvgIpc) is 2.84. The molecule has 0 spiro atoms. The van der Waals surface area contributed by atoms with E-state index in [0.29, 0.717) is 25.9 Å². The van der Waals surface area contributed by atoms with Crippen LogP contribution in [0.2, 0.25) is 0 Å². The lowest BCUT2D eigenvalue weighted by Gasteiger charge is -2.29. The fourth-order valence-electron chi connectivity index (χ4n) is 3.49. The zero-order chi connectivity index (χ0) is 14.6. The van der Waals surface area contributed by atoms with Gasteiger partial charge in [0.1, 0.15) is 0 Å². The highest BCUT2D eigenvalue weighted by Crippen LogP contribution is 2.35. The van der Waals surface area contributed by atoms with Crippen LogP contribution in [0.5, 0.6) is 0 Å². The molecule has 5 heteroatoms. The Morgan fingerprint density at radius 1 is 1.15 bits per heavy atom. The molecular formula is C15H26N2O3. The summed E-state index contributed by atoms with van der Waals surface area (Å²) in [4.78, 5) is 27.7. The maximum absolute atomic E-state index is 12.2. The molecule has 1 amide bonds. The van der Waals surface area contributed by atoms with Crippen molar-refractivity contribution < 1.29 is 14.7 Å². The highest BCUT2D eigenvalue weighted by Gasteiger charge is 2.44. The van der Waals surface area contributed by atoms with E-state index < -0.39 is 11.4 Å². The van der Waals surface area contributed by atoms with Gasteiger partial charge in [0.25, 0.3) is 0 Å². The van der Waals surface area contributed by atoms with Crippen molar-refractivity contribution in [2.45, 2.75) is 45.4 Å². The third-order valence-corrected chi connectivity index (χ3v) is 4.68. The first-order chi connectivity index (χ1) is 9.57. The first-order valence-corrected chi connectivity index (χ1v) is 7.81. The van der Waals surface area contributed by atoms with E-state index in [1.165, 1.54) is 6.42 Å². The number of likely N-dealkylation sites (tertiary alicyclic amines) is 2.